The van der Waals surface area contributed by atoms with Gasteiger partial charge in [-0.3, -0.25) is 4.79 Å². The van der Waals surface area contributed by atoms with Gasteiger partial charge in [0.05, 0.1) is 0 Å². The highest BCUT2D eigenvalue weighted by Crippen LogP contribution is 2.39. The fraction of sp³-hybridized carbons (Fsp3) is 0.120. The number of aliphatic carboxylic acids is 1. The number of amides is 1. The Hall–Kier alpha value is -3.84. The zero-order valence-corrected chi connectivity index (χ0v) is 15.8. The first-order valence-electron chi connectivity index (χ1n) is 9.24. The third-order valence-corrected chi connectivity index (χ3v) is 4.89. The molecule has 4 heteroatoms. The van der Waals surface area contributed by atoms with E-state index in [0.29, 0.717) is 0 Å². The van der Waals surface area contributed by atoms with Crippen LogP contribution in [0.3, 0.4) is 0 Å². The molecule has 1 atom stereocenters. The van der Waals surface area contributed by atoms with Gasteiger partial charge in [0, 0.05) is 6.42 Å². The maximum atomic E-state index is 13.8. The molecule has 4 nitrogen and oxygen atoms in total. The van der Waals surface area contributed by atoms with Crippen LogP contribution in [-0.2, 0) is 15.0 Å². The molecule has 3 rings (SSSR count). The second-order valence-corrected chi connectivity index (χ2v) is 6.62. The molecule has 0 radical (unpaired) electrons. The molecule has 0 aromatic heterocycles. The van der Waals surface area contributed by atoms with Gasteiger partial charge in [-0.2, -0.15) is 0 Å². The minimum atomic E-state index is -1.23. The van der Waals surface area contributed by atoms with E-state index in [1.54, 1.807) is 0 Å². The molecule has 2 N–H and O–H groups in total. The van der Waals surface area contributed by atoms with Gasteiger partial charge >= 0.3 is 5.97 Å². The van der Waals surface area contributed by atoms with Gasteiger partial charge < -0.3 is 10.4 Å². The molecule has 0 aliphatic heterocycles. The molecule has 0 aliphatic carbocycles. The van der Waals surface area contributed by atoms with Crippen molar-refractivity contribution in [1.82, 2.24) is 5.32 Å². The van der Waals surface area contributed by atoms with Gasteiger partial charge in [-0.25, -0.2) is 4.79 Å². The van der Waals surface area contributed by atoms with E-state index in [1.807, 2.05) is 91.0 Å². The van der Waals surface area contributed by atoms with Crippen LogP contribution in [-0.4, -0.2) is 23.0 Å². The highest BCUT2D eigenvalue weighted by atomic mass is 16.4. The Balaban J connectivity index is 2.27. The lowest BCUT2D eigenvalue weighted by Gasteiger charge is -2.35. The number of hydrogen-bond donors (Lipinski definition) is 2. The van der Waals surface area contributed by atoms with Crippen molar-refractivity contribution in [2.24, 2.45) is 0 Å². The maximum absolute atomic E-state index is 13.8. The number of carbonyl (C=O) groups excluding carboxylic acids is 1. The Bertz CT molecular complexity index is 912. The van der Waals surface area contributed by atoms with Crippen LogP contribution in [0, 0.1) is 12.3 Å². The molecule has 0 unspecified atom stereocenters. The van der Waals surface area contributed by atoms with Crippen LogP contribution < -0.4 is 5.32 Å². The fourth-order valence-corrected chi connectivity index (χ4v) is 3.54. The Morgan fingerprint density at radius 3 is 1.52 bits per heavy atom. The second kappa shape index (κ2) is 8.90. The Labute approximate surface area is 170 Å². The summed E-state index contributed by atoms with van der Waals surface area (Å²) in [6.07, 6.45) is 5.22. The SMILES string of the molecule is C#CC[C@H](NC(=O)C(c1ccccc1)(c1ccccc1)c1ccccc1)C(=O)O. The molecule has 0 saturated carbocycles. The zero-order chi connectivity index (χ0) is 20.7. The van der Waals surface area contributed by atoms with Gasteiger partial charge in [0.25, 0.3) is 0 Å². The Morgan fingerprint density at radius 2 is 1.21 bits per heavy atom. The van der Waals surface area contributed by atoms with Crippen molar-refractivity contribution in [1.29, 1.82) is 0 Å². The van der Waals surface area contributed by atoms with E-state index in [1.165, 1.54) is 0 Å². The van der Waals surface area contributed by atoms with Gasteiger partial charge in [0.2, 0.25) is 5.91 Å². The summed E-state index contributed by atoms with van der Waals surface area (Å²) in [7, 11) is 0. The van der Waals surface area contributed by atoms with Crippen LogP contribution in [0.1, 0.15) is 23.1 Å². The molecular formula is C25H21NO3. The van der Waals surface area contributed by atoms with E-state index in [2.05, 4.69) is 11.2 Å². The summed E-state index contributed by atoms with van der Waals surface area (Å²) in [6, 6.07) is 26.8. The van der Waals surface area contributed by atoms with Crippen LogP contribution in [0.15, 0.2) is 91.0 Å². The molecule has 0 aliphatic rings. The molecule has 3 aromatic rings. The van der Waals surface area contributed by atoms with Crippen molar-refractivity contribution in [3.05, 3.63) is 108 Å². The van der Waals surface area contributed by atoms with Crippen molar-refractivity contribution in [3.8, 4) is 12.3 Å². The first kappa shape index (κ1) is 19.9. The third-order valence-electron chi connectivity index (χ3n) is 4.89. The fourth-order valence-electron chi connectivity index (χ4n) is 3.54. The largest absolute Gasteiger partial charge is 0.480 e. The molecule has 1 amide bonds. The Morgan fingerprint density at radius 1 is 0.828 bits per heavy atom. The average Bonchev–Trinajstić information content (AvgIpc) is 2.76. The lowest BCUT2D eigenvalue weighted by molar-refractivity contribution is -0.142. The van der Waals surface area contributed by atoms with Gasteiger partial charge in [-0.15, -0.1) is 12.3 Å². The lowest BCUT2D eigenvalue weighted by Crippen LogP contribution is -2.51. The van der Waals surface area contributed by atoms with Gasteiger partial charge in [-0.1, -0.05) is 91.0 Å². The minimum Gasteiger partial charge on any atom is -0.480 e. The van der Waals surface area contributed by atoms with Crippen molar-refractivity contribution in [3.63, 3.8) is 0 Å². The molecule has 0 fully saturated rings. The minimum absolute atomic E-state index is 0.102. The molecule has 3 aromatic carbocycles. The number of carbonyl (C=O) groups is 2. The summed E-state index contributed by atoms with van der Waals surface area (Å²) < 4.78 is 0. The number of benzene rings is 3. The highest BCUT2D eigenvalue weighted by molar-refractivity contribution is 5.98. The molecule has 0 heterocycles. The monoisotopic (exact) mass is 383 g/mol. The molecular weight excluding hydrogens is 362 g/mol. The number of carboxylic acid groups (broad SMARTS) is 1. The third kappa shape index (κ3) is 3.90. The standard InChI is InChI=1S/C25H21NO3/c1-2-12-22(23(27)28)26-24(29)25(19-13-6-3-7-14-19,20-15-8-4-9-16-20)21-17-10-5-11-18-21/h1,3-11,13-18,22H,12H2,(H,26,29)(H,27,28)/t22-/m0/s1. The summed E-state index contributed by atoms with van der Waals surface area (Å²) in [5.41, 5.74) is 0.978. The van der Waals surface area contributed by atoms with Gasteiger partial charge in [0.1, 0.15) is 11.5 Å². The molecule has 0 saturated heterocycles. The average molecular weight is 383 g/mol. The number of nitrogens with one attached hydrogen (secondary N) is 1. The first-order valence-corrected chi connectivity index (χ1v) is 9.24. The van der Waals surface area contributed by atoms with Gasteiger partial charge in [0.15, 0.2) is 0 Å². The number of carboxylic acids is 1. The number of rotatable bonds is 7. The van der Waals surface area contributed by atoms with Crippen molar-refractivity contribution >= 4 is 11.9 Å². The smallest absolute Gasteiger partial charge is 0.327 e. The van der Waals surface area contributed by atoms with Crippen molar-refractivity contribution in [2.45, 2.75) is 17.9 Å². The van der Waals surface area contributed by atoms with Crippen molar-refractivity contribution in [2.75, 3.05) is 0 Å². The van der Waals surface area contributed by atoms with Crippen LogP contribution in [0.5, 0.6) is 0 Å². The Kier molecular flexibility index (Phi) is 6.11. The highest BCUT2D eigenvalue weighted by Gasteiger charge is 2.44. The summed E-state index contributed by atoms with van der Waals surface area (Å²) in [5, 5.41) is 12.2. The molecule has 0 spiro atoms. The van der Waals surface area contributed by atoms with Gasteiger partial charge in [-0.05, 0) is 16.7 Å². The number of terminal acetylenes is 1. The molecule has 0 bridgehead atoms. The predicted octanol–water partition coefficient (Wildman–Crippen LogP) is 3.61. The normalized spacial score (nSPS) is 11.8. The first-order chi connectivity index (χ1) is 14.1. The quantitative estimate of drug-likeness (QED) is 0.484. The lowest BCUT2D eigenvalue weighted by atomic mass is 9.68. The van der Waals surface area contributed by atoms with E-state index in [9.17, 15) is 14.7 Å². The second-order valence-electron chi connectivity index (χ2n) is 6.62. The zero-order valence-electron chi connectivity index (χ0n) is 15.8. The van der Waals surface area contributed by atoms with E-state index in [0.717, 1.165) is 16.7 Å². The summed E-state index contributed by atoms with van der Waals surface area (Å²) in [6.45, 7) is 0. The van der Waals surface area contributed by atoms with Crippen LogP contribution in [0.4, 0.5) is 0 Å². The van der Waals surface area contributed by atoms with Crippen LogP contribution in [0.25, 0.3) is 0 Å². The van der Waals surface area contributed by atoms with Crippen LogP contribution in [0.2, 0.25) is 0 Å². The van der Waals surface area contributed by atoms with Crippen LogP contribution >= 0.6 is 0 Å². The topological polar surface area (TPSA) is 66.4 Å². The summed E-state index contributed by atoms with van der Waals surface area (Å²) >= 11 is 0. The summed E-state index contributed by atoms with van der Waals surface area (Å²) in [5.74, 6) is 0.721. The van der Waals surface area contributed by atoms with E-state index in [4.69, 9.17) is 6.42 Å². The van der Waals surface area contributed by atoms with E-state index in [-0.39, 0.29) is 6.42 Å². The number of hydrogen-bond acceptors (Lipinski definition) is 2. The molecule has 144 valence electrons. The maximum Gasteiger partial charge on any atom is 0.327 e. The molecule has 29 heavy (non-hydrogen) atoms. The van der Waals surface area contributed by atoms with E-state index >= 15 is 0 Å². The van der Waals surface area contributed by atoms with Crippen molar-refractivity contribution < 1.29 is 14.7 Å². The summed E-state index contributed by atoms with van der Waals surface area (Å²) in [4.78, 5) is 25.5. The van der Waals surface area contributed by atoms with E-state index < -0.39 is 23.3 Å². The predicted molar refractivity (Wildman–Crippen MR) is 112 cm³/mol.